The molecule has 0 amide bonds. The number of anilines is 1. The minimum atomic E-state index is -1.09. The fraction of sp³-hybridized carbons (Fsp3) is 0.545. The average molecular weight is 242 g/mol. The van der Waals surface area contributed by atoms with Crippen LogP contribution >= 0.6 is 11.8 Å². The third kappa shape index (κ3) is 2.47. The van der Waals surface area contributed by atoms with Gasteiger partial charge in [0.15, 0.2) is 0 Å². The number of rotatable bonds is 2. The minimum absolute atomic E-state index is 0.349. The van der Waals surface area contributed by atoms with E-state index in [-0.39, 0.29) is 0 Å². The number of hydrogen-bond acceptors (Lipinski definition) is 4. The highest BCUT2D eigenvalue weighted by atomic mass is 32.2. The summed E-state index contributed by atoms with van der Waals surface area (Å²) in [6, 6.07) is 3.90. The van der Waals surface area contributed by atoms with Gasteiger partial charge < -0.3 is 10.0 Å². The summed E-state index contributed by atoms with van der Waals surface area (Å²) in [4.78, 5) is 6.23. The fourth-order valence-electron chi connectivity index (χ4n) is 1.82. The van der Waals surface area contributed by atoms with Crippen molar-refractivity contribution in [2.45, 2.75) is 23.7 Å². The number of halogens is 1. The predicted octanol–water partition coefficient (Wildman–Crippen LogP) is 1.71. The Morgan fingerprint density at radius 3 is 2.94 bits per heavy atom. The van der Waals surface area contributed by atoms with Gasteiger partial charge in [-0.15, -0.1) is 11.8 Å². The molecule has 1 aliphatic heterocycles. The average Bonchev–Trinajstić information content (AvgIpc) is 2.33. The maximum Gasteiger partial charge on any atom is 0.129 e. The van der Waals surface area contributed by atoms with Gasteiger partial charge in [-0.2, -0.15) is 0 Å². The molecular formula is C11H15FN2OS. The van der Waals surface area contributed by atoms with Crippen LogP contribution in [0.1, 0.15) is 6.42 Å². The van der Waals surface area contributed by atoms with Gasteiger partial charge in [0.25, 0.3) is 0 Å². The van der Waals surface area contributed by atoms with E-state index >= 15 is 0 Å². The lowest BCUT2D eigenvalue weighted by Gasteiger charge is -2.33. The number of hydrogen-bond donors (Lipinski definition) is 1. The summed E-state index contributed by atoms with van der Waals surface area (Å²) in [5.74, 6) is 0. The number of thioether (sulfide) groups is 1. The molecule has 0 aliphatic carbocycles. The zero-order chi connectivity index (χ0) is 11.5. The Balaban J connectivity index is 2.06. The van der Waals surface area contributed by atoms with E-state index in [0.717, 1.165) is 10.7 Å². The Morgan fingerprint density at radius 2 is 2.38 bits per heavy atom. The van der Waals surface area contributed by atoms with Gasteiger partial charge in [0, 0.05) is 13.1 Å². The Kier molecular flexibility index (Phi) is 3.66. The van der Waals surface area contributed by atoms with Crippen LogP contribution in [0.4, 0.5) is 10.1 Å². The largest absolute Gasteiger partial charge is 0.388 e. The van der Waals surface area contributed by atoms with E-state index in [1.165, 1.54) is 0 Å². The first-order chi connectivity index (χ1) is 7.70. The molecule has 0 aromatic carbocycles. The lowest BCUT2D eigenvalue weighted by molar-refractivity contribution is 0.0645. The maximum atomic E-state index is 13.1. The summed E-state index contributed by atoms with van der Waals surface area (Å²) in [6.07, 6.45) is 2.16. The molecule has 0 bridgehead atoms. The van der Waals surface area contributed by atoms with Crippen LogP contribution in [0.3, 0.4) is 0 Å². The summed E-state index contributed by atoms with van der Waals surface area (Å²) < 4.78 is 13.1. The van der Waals surface area contributed by atoms with E-state index in [4.69, 9.17) is 0 Å². The molecule has 88 valence electrons. The number of β-amino-alcohol motifs (C(OH)–C–C–N with tert-alkyl or cyclic N) is 1. The second kappa shape index (κ2) is 5.01. The Labute approximate surface area is 98.7 Å². The molecule has 1 aromatic heterocycles. The molecule has 0 spiro atoms. The monoisotopic (exact) mass is 242 g/mol. The molecule has 1 saturated heterocycles. The van der Waals surface area contributed by atoms with Crippen molar-refractivity contribution >= 4 is 17.4 Å². The van der Waals surface area contributed by atoms with Gasteiger partial charge in [0.1, 0.15) is 12.3 Å². The first-order valence-electron chi connectivity index (χ1n) is 5.28. The van der Waals surface area contributed by atoms with Crippen LogP contribution in [0.15, 0.2) is 23.4 Å². The second-order valence-electron chi connectivity index (χ2n) is 3.88. The Morgan fingerprint density at radius 1 is 1.56 bits per heavy atom. The number of pyridine rings is 1. The molecule has 1 N–H and O–H groups in total. The smallest absolute Gasteiger partial charge is 0.129 e. The number of aliphatic hydroxyl groups excluding tert-OH is 1. The van der Waals surface area contributed by atoms with Crippen molar-refractivity contribution in [2.24, 2.45) is 0 Å². The number of aromatic nitrogens is 1. The van der Waals surface area contributed by atoms with Gasteiger partial charge in [0.05, 0.1) is 16.9 Å². The fourth-order valence-corrected chi connectivity index (χ4v) is 2.18. The number of aliphatic hydroxyl groups is 1. The molecule has 2 rings (SSSR count). The highest BCUT2D eigenvalue weighted by molar-refractivity contribution is 7.98. The molecule has 0 unspecified atom stereocenters. The molecule has 3 nitrogen and oxygen atoms in total. The highest BCUT2D eigenvalue weighted by Crippen LogP contribution is 2.22. The van der Waals surface area contributed by atoms with Gasteiger partial charge in [-0.05, 0) is 24.8 Å². The topological polar surface area (TPSA) is 36.4 Å². The molecule has 1 aromatic rings. The van der Waals surface area contributed by atoms with Crippen molar-refractivity contribution in [1.82, 2.24) is 4.98 Å². The molecule has 0 saturated carbocycles. The van der Waals surface area contributed by atoms with Gasteiger partial charge >= 0.3 is 0 Å². The van der Waals surface area contributed by atoms with Crippen molar-refractivity contribution in [1.29, 1.82) is 0 Å². The summed E-state index contributed by atoms with van der Waals surface area (Å²) >= 11 is 1.59. The van der Waals surface area contributed by atoms with Crippen molar-refractivity contribution in [3.8, 4) is 0 Å². The van der Waals surface area contributed by atoms with Crippen molar-refractivity contribution in [2.75, 3.05) is 24.2 Å². The maximum absolute atomic E-state index is 13.1. The Hall–Kier alpha value is -0.810. The van der Waals surface area contributed by atoms with Crippen molar-refractivity contribution in [3.05, 3.63) is 18.3 Å². The summed E-state index contributed by atoms with van der Waals surface area (Å²) in [6.45, 7) is 0.986. The van der Waals surface area contributed by atoms with E-state index in [9.17, 15) is 9.50 Å². The number of alkyl halides is 1. The van der Waals surface area contributed by atoms with Gasteiger partial charge in [0.2, 0.25) is 0 Å². The quantitative estimate of drug-likeness (QED) is 0.801. The summed E-state index contributed by atoms with van der Waals surface area (Å²) in [5, 5.41) is 10.4. The zero-order valence-electron chi connectivity index (χ0n) is 9.14. The van der Waals surface area contributed by atoms with Crippen LogP contribution in [0, 0.1) is 0 Å². The third-order valence-electron chi connectivity index (χ3n) is 2.79. The van der Waals surface area contributed by atoms with Crippen LogP contribution in [-0.2, 0) is 0 Å². The van der Waals surface area contributed by atoms with E-state index in [2.05, 4.69) is 4.98 Å². The van der Waals surface area contributed by atoms with Crippen LogP contribution in [0.2, 0.25) is 0 Å². The van der Waals surface area contributed by atoms with Gasteiger partial charge in [-0.3, -0.25) is 0 Å². The second-order valence-corrected chi connectivity index (χ2v) is 4.70. The van der Waals surface area contributed by atoms with Crippen LogP contribution in [0.5, 0.6) is 0 Å². The standard InChI is InChI=1S/C11H15FN2OS/c1-16-11-3-2-8(6-13-11)14-5-4-9(12)10(15)7-14/h2-3,6,9-10,15H,4-5,7H2,1H3/t9-,10+/m0/s1. The molecule has 1 fully saturated rings. The third-order valence-corrected chi connectivity index (χ3v) is 3.45. The molecule has 0 radical (unpaired) electrons. The molecule has 2 atom stereocenters. The minimum Gasteiger partial charge on any atom is -0.388 e. The molecule has 2 heterocycles. The summed E-state index contributed by atoms with van der Waals surface area (Å²) in [5.41, 5.74) is 0.948. The van der Waals surface area contributed by atoms with Crippen molar-refractivity contribution in [3.63, 3.8) is 0 Å². The van der Waals surface area contributed by atoms with Gasteiger partial charge in [-0.25, -0.2) is 9.37 Å². The van der Waals surface area contributed by atoms with Crippen LogP contribution in [0.25, 0.3) is 0 Å². The lowest BCUT2D eigenvalue weighted by Crippen LogP contribution is -2.45. The van der Waals surface area contributed by atoms with E-state index in [1.54, 1.807) is 18.0 Å². The predicted molar refractivity (Wildman–Crippen MR) is 63.8 cm³/mol. The first-order valence-corrected chi connectivity index (χ1v) is 6.50. The van der Waals surface area contributed by atoms with E-state index in [0.29, 0.717) is 19.5 Å². The molecular weight excluding hydrogens is 227 g/mol. The summed E-state index contributed by atoms with van der Waals surface area (Å²) in [7, 11) is 0. The SMILES string of the molecule is CSc1ccc(N2CC[C@H](F)[C@H](O)C2)cn1. The molecule has 5 heteroatoms. The molecule has 1 aliphatic rings. The first kappa shape index (κ1) is 11.7. The van der Waals surface area contributed by atoms with Crippen molar-refractivity contribution < 1.29 is 9.50 Å². The number of nitrogens with zero attached hydrogens (tertiary/aromatic N) is 2. The normalized spacial score (nSPS) is 25.8. The Bertz CT molecular complexity index is 346. The van der Waals surface area contributed by atoms with Crippen LogP contribution < -0.4 is 4.90 Å². The number of piperidine rings is 1. The highest BCUT2D eigenvalue weighted by Gasteiger charge is 2.27. The van der Waals surface area contributed by atoms with Crippen LogP contribution in [-0.4, -0.2) is 41.7 Å². The van der Waals surface area contributed by atoms with E-state index < -0.39 is 12.3 Å². The molecule has 16 heavy (non-hydrogen) atoms. The van der Waals surface area contributed by atoms with Gasteiger partial charge in [-0.1, -0.05) is 0 Å². The van der Waals surface area contributed by atoms with E-state index in [1.807, 2.05) is 23.3 Å². The zero-order valence-corrected chi connectivity index (χ0v) is 9.95. The lowest BCUT2D eigenvalue weighted by atomic mass is 10.1.